The van der Waals surface area contributed by atoms with Gasteiger partial charge in [0, 0.05) is 0 Å². The van der Waals surface area contributed by atoms with Gasteiger partial charge in [0.05, 0.1) is 17.8 Å². The quantitative estimate of drug-likeness (QED) is 0.667. The molecule has 0 aliphatic heterocycles. The van der Waals surface area contributed by atoms with Gasteiger partial charge in [0.2, 0.25) is 5.43 Å². The molecular formula is C9H12O4. The van der Waals surface area contributed by atoms with Crippen molar-refractivity contribution in [2.45, 2.75) is 26.4 Å². The van der Waals surface area contributed by atoms with Gasteiger partial charge in [0.15, 0.2) is 5.75 Å². The molecule has 0 unspecified atom stereocenters. The van der Waals surface area contributed by atoms with Crippen LogP contribution >= 0.6 is 0 Å². The summed E-state index contributed by atoms with van der Waals surface area (Å²) in [6.07, 6.45) is 0. The van der Waals surface area contributed by atoms with Crippen molar-refractivity contribution in [1.82, 2.24) is 0 Å². The first-order valence-corrected chi connectivity index (χ1v) is 4.08. The zero-order valence-corrected chi connectivity index (χ0v) is 7.88. The van der Waals surface area contributed by atoms with Gasteiger partial charge in [-0.1, -0.05) is 0 Å². The molecule has 1 aromatic rings. The predicted octanol–water partition coefficient (Wildman–Crippen LogP) is -0.0913. The second-order valence-electron chi connectivity index (χ2n) is 3.35. The van der Waals surface area contributed by atoms with Crippen molar-refractivity contribution >= 4 is 0 Å². The molecule has 13 heavy (non-hydrogen) atoms. The number of hydrogen-bond donors (Lipinski definition) is 1. The molecule has 0 bridgehead atoms. The van der Waals surface area contributed by atoms with Crippen LogP contribution in [0.5, 0.6) is 5.75 Å². The van der Waals surface area contributed by atoms with Crippen molar-refractivity contribution in [3.63, 3.8) is 0 Å². The highest BCUT2D eigenvalue weighted by Crippen LogP contribution is 2.24. The molecule has 0 aliphatic rings. The summed E-state index contributed by atoms with van der Waals surface area (Å²) in [5, 5.41) is 9.51. The van der Waals surface area contributed by atoms with Crippen LogP contribution in [0.15, 0.2) is 9.59 Å². The molecule has 1 rings (SSSR count). The number of ether oxygens (including phenoxy) is 1. The summed E-state index contributed by atoms with van der Waals surface area (Å²) in [6, 6.07) is 0. The average molecular weight is 184 g/mol. The molecule has 1 N–H and O–H groups in total. The highest BCUT2D eigenvalue weighted by Gasteiger charge is 2.33. The third-order valence-corrected chi connectivity index (χ3v) is 1.77. The van der Waals surface area contributed by atoms with Crippen molar-refractivity contribution in [3.8, 4) is 5.75 Å². The van der Waals surface area contributed by atoms with Gasteiger partial charge >= 0.3 is 0 Å². The van der Waals surface area contributed by atoms with E-state index in [0.29, 0.717) is 6.61 Å². The van der Waals surface area contributed by atoms with Crippen LogP contribution in [0.25, 0.3) is 0 Å². The minimum atomic E-state index is -1.30. The van der Waals surface area contributed by atoms with Crippen molar-refractivity contribution < 1.29 is 9.84 Å². The van der Waals surface area contributed by atoms with E-state index < -0.39 is 16.5 Å². The van der Waals surface area contributed by atoms with E-state index in [-0.39, 0.29) is 11.3 Å². The summed E-state index contributed by atoms with van der Waals surface area (Å²) < 4.78 is 4.95. The van der Waals surface area contributed by atoms with Crippen LogP contribution in [-0.2, 0) is 5.60 Å². The zero-order valence-electron chi connectivity index (χ0n) is 7.88. The Morgan fingerprint density at radius 3 is 2.23 bits per heavy atom. The average Bonchev–Trinajstić information content (AvgIpc) is 2.01. The molecule has 0 fully saturated rings. The number of hydrogen-bond acceptors (Lipinski definition) is 4. The molecule has 0 aromatic heterocycles. The summed E-state index contributed by atoms with van der Waals surface area (Å²) in [5.74, 6) is 0.0139. The maximum Gasteiger partial charge on any atom is 0.268 e. The lowest BCUT2D eigenvalue weighted by atomic mass is 9.93. The van der Waals surface area contributed by atoms with Crippen LogP contribution in [0.1, 0.15) is 26.3 Å². The van der Waals surface area contributed by atoms with E-state index in [1.165, 1.54) is 13.8 Å². The van der Waals surface area contributed by atoms with Crippen LogP contribution in [0, 0.1) is 0 Å². The molecule has 4 nitrogen and oxygen atoms in total. The Balaban J connectivity index is 3.17. The normalized spacial score (nSPS) is 12.0. The molecule has 0 amide bonds. The van der Waals surface area contributed by atoms with Crippen molar-refractivity contribution in [1.29, 1.82) is 0 Å². The first-order valence-electron chi connectivity index (χ1n) is 4.08. The molecule has 0 saturated heterocycles. The summed E-state index contributed by atoms with van der Waals surface area (Å²) >= 11 is 0. The van der Waals surface area contributed by atoms with Crippen LogP contribution in [0.3, 0.4) is 0 Å². The predicted molar refractivity (Wildman–Crippen MR) is 47.8 cm³/mol. The van der Waals surface area contributed by atoms with Gasteiger partial charge in [-0.05, 0) is 20.8 Å². The van der Waals surface area contributed by atoms with Crippen LogP contribution in [-0.4, -0.2) is 11.7 Å². The van der Waals surface area contributed by atoms with Crippen molar-refractivity contribution in [3.05, 3.63) is 26.0 Å². The molecule has 1 aromatic carbocycles. The van der Waals surface area contributed by atoms with Crippen molar-refractivity contribution in [2.24, 2.45) is 0 Å². The number of aliphatic hydroxyl groups is 1. The zero-order chi connectivity index (χ0) is 10.2. The van der Waals surface area contributed by atoms with Gasteiger partial charge in [-0.25, -0.2) is 0 Å². The Kier molecular flexibility index (Phi) is 2.26. The highest BCUT2D eigenvalue weighted by atomic mass is 16.5. The third-order valence-electron chi connectivity index (χ3n) is 1.77. The van der Waals surface area contributed by atoms with E-state index in [1.54, 1.807) is 6.92 Å². The molecule has 0 saturated carbocycles. The largest absolute Gasteiger partial charge is 0.489 e. The van der Waals surface area contributed by atoms with Gasteiger partial charge in [-0.15, -0.1) is 0 Å². The van der Waals surface area contributed by atoms with Gasteiger partial charge < -0.3 is 9.84 Å². The minimum Gasteiger partial charge on any atom is -0.489 e. The second kappa shape index (κ2) is 2.96. The Bertz CT molecular complexity index is 377. The Morgan fingerprint density at radius 1 is 1.31 bits per heavy atom. The number of rotatable bonds is 3. The van der Waals surface area contributed by atoms with E-state index in [1.807, 2.05) is 0 Å². The van der Waals surface area contributed by atoms with Crippen molar-refractivity contribution in [2.75, 3.05) is 6.61 Å². The summed E-state index contributed by atoms with van der Waals surface area (Å²) in [7, 11) is 0. The molecule has 4 heteroatoms. The molecule has 72 valence electrons. The molecule has 0 spiro atoms. The summed E-state index contributed by atoms with van der Waals surface area (Å²) in [4.78, 5) is 22.0. The molecule has 0 radical (unpaired) electrons. The van der Waals surface area contributed by atoms with E-state index >= 15 is 0 Å². The van der Waals surface area contributed by atoms with E-state index in [0.717, 1.165) is 0 Å². The monoisotopic (exact) mass is 184 g/mol. The topological polar surface area (TPSA) is 63.6 Å². The second-order valence-corrected chi connectivity index (χ2v) is 3.35. The van der Waals surface area contributed by atoms with E-state index in [9.17, 15) is 14.7 Å². The van der Waals surface area contributed by atoms with Crippen LogP contribution < -0.4 is 15.6 Å². The van der Waals surface area contributed by atoms with Crippen LogP contribution in [0.2, 0.25) is 0 Å². The minimum absolute atomic E-state index is 0.0139. The van der Waals surface area contributed by atoms with E-state index in [4.69, 9.17) is 4.74 Å². The lowest BCUT2D eigenvalue weighted by Gasteiger charge is -2.21. The van der Waals surface area contributed by atoms with Gasteiger partial charge in [-0.3, -0.25) is 9.59 Å². The highest BCUT2D eigenvalue weighted by molar-refractivity contribution is 5.42. The maximum atomic E-state index is 11.0. The van der Waals surface area contributed by atoms with E-state index in [2.05, 4.69) is 0 Å². The first kappa shape index (κ1) is 9.92. The standard InChI is InChI=1S/C9H12O4/c1-4-13-8-5(9(2,3)12)6(10)7(8)11/h12H,4H2,1-3H3. The summed E-state index contributed by atoms with van der Waals surface area (Å²) in [5.41, 5.74) is -2.50. The Labute approximate surface area is 75.5 Å². The first-order chi connectivity index (χ1) is 5.89. The Morgan fingerprint density at radius 2 is 1.85 bits per heavy atom. The van der Waals surface area contributed by atoms with Gasteiger partial charge in [-0.2, -0.15) is 0 Å². The van der Waals surface area contributed by atoms with Gasteiger partial charge in [0.1, 0.15) is 0 Å². The molecular weight excluding hydrogens is 172 g/mol. The lowest BCUT2D eigenvalue weighted by Crippen LogP contribution is -2.43. The molecule has 0 atom stereocenters. The fourth-order valence-corrected chi connectivity index (χ4v) is 1.21. The smallest absolute Gasteiger partial charge is 0.268 e. The van der Waals surface area contributed by atoms with Crippen LogP contribution in [0.4, 0.5) is 0 Å². The third kappa shape index (κ3) is 1.49. The molecule has 0 aliphatic carbocycles. The SMILES string of the molecule is CCOc1c(C(C)(C)O)c(=O)c1=O. The lowest BCUT2D eigenvalue weighted by molar-refractivity contribution is 0.0715. The molecule has 0 heterocycles. The van der Waals surface area contributed by atoms with Gasteiger partial charge in [0.25, 0.3) is 5.43 Å². The fourth-order valence-electron chi connectivity index (χ4n) is 1.21. The Hall–Kier alpha value is -1.16. The summed E-state index contributed by atoms with van der Waals surface area (Å²) in [6.45, 7) is 4.93. The fraction of sp³-hybridized carbons (Fsp3) is 0.556. The maximum absolute atomic E-state index is 11.0.